The molecule has 1 aromatic rings. The molecule has 0 bridgehead atoms. The first-order valence-corrected chi connectivity index (χ1v) is 7.34. The molecule has 0 aliphatic heterocycles. The molecule has 1 aliphatic rings. The maximum absolute atomic E-state index is 12.4. The van der Waals surface area contributed by atoms with Gasteiger partial charge in [-0.2, -0.15) is 0 Å². The van der Waals surface area contributed by atoms with Gasteiger partial charge in [0, 0.05) is 11.5 Å². The number of hydrogen-bond acceptors (Lipinski definition) is 2. The number of para-hydroxylation sites is 1. The van der Waals surface area contributed by atoms with Crippen molar-refractivity contribution in [3.05, 3.63) is 42.0 Å². The van der Waals surface area contributed by atoms with Gasteiger partial charge >= 0.3 is 0 Å². The van der Waals surface area contributed by atoms with Crippen molar-refractivity contribution in [3.8, 4) is 5.75 Å². The highest BCUT2D eigenvalue weighted by molar-refractivity contribution is 5.79. The van der Waals surface area contributed by atoms with Crippen molar-refractivity contribution in [2.24, 2.45) is 5.92 Å². The Hall–Kier alpha value is -1.77. The van der Waals surface area contributed by atoms with E-state index in [2.05, 4.69) is 24.4 Å². The monoisotopic (exact) mass is 273 g/mol. The molecule has 1 aliphatic carbocycles. The second-order valence-electron chi connectivity index (χ2n) is 5.19. The van der Waals surface area contributed by atoms with Crippen molar-refractivity contribution < 1.29 is 9.53 Å². The van der Waals surface area contributed by atoms with E-state index in [1.54, 1.807) is 7.11 Å². The molecule has 3 nitrogen and oxygen atoms in total. The van der Waals surface area contributed by atoms with E-state index in [0.717, 1.165) is 37.0 Å². The molecule has 0 heterocycles. The van der Waals surface area contributed by atoms with E-state index in [9.17, 15) is 4.79 Å². The van der Waals surface area contributed by atoms with E-state index >= 15 is 0 Å². The van der Waals surface area contributed by atoms with Crippen LogP contribution in [0, 0.1) is 5.92 Å². The zero-order valence-corrected chi connectivity index (χ0v) is 12.3. The van der Waals surface area contributed by atoms with Crippen LogP contribution in [-0.4, -0.2) is 13.0 Å². The number of carbonyl (C=O) groups excluding carboxylic acids is 1. The Morgan fingerprint density at radius 3 is 2.85 bits per heavy atom. The number of rotatable bonds is 5. The minimum Gasteiger partial charge on any atom is -0.496 e. The van der Waals surface area contributed by atoms with Gasteiger partial charge in [-0.05, 0) is 31.7 Å². The lowest BCUT2D eigenvalue weighted by Crippen LogP contribution is -2.34. The van der Waals surface area contributed by atoms with Crippen LogP contribution in [0.3, 0.4) is 0 Å². The van der Waals surface area contributed by atoms with Gasteiger partial charge in [-0.15, -0.1) is 0 Å². The van der Waals surface area contributed by atoms with Gasteiger partial charge in [0.1, 0.15) is 5.75 Å². The summed E-state index contributed by atoms with van der Waals surface area (Å²) in [6.45, 7) is 2.08. The number of carbonyl (C=O) groups is 1. The van der Waals surface area contributed by atoms with Crippen LogP contribution in [0.25, 0.3) is 0 Å². The second-order valence-corrected chi connectivity index (χ2v) is 5.19. The molecule has 1 aromatic carbocycles. The summed E-state index contributed by atoms with van der Waals surface area (Å²) in [4.78, 5) is 12.4. The van der Waals surface area contributed by atoms with E-state index in [1.165, 1.54) is 0 Å². The summed E-state index contributed by atoms with van der Waals surface area (Å²) in [7, 11) is 1.67. The molecule has 0 spiro atoms. The molecule has 1 amide bonds. The molecule has 0 saturated heterocycles. The van der Waals surface area contributed by atoms with Crippen LogP contribution in [0.4, 0.5) is 0 Å². The zero-order chi connectivity index (χ0) is 14.4. The standard InChI is InChI=1S/C17H23NO2/c1-3-15(14-11-7-8-12-16(14)20-2)18-17(19)13-9-5-4-6-10-13/h4-5,7-8,11-13,15H,3,6,9-10H2,1-2H3,(H,18,19)/t13-,15-/m1/s1. The Morgan fingerprint density at radius 1 is 1.40 bits per heavy atom. The normalized spacial score (nSPS) is 19.4. The number of nitrogens with one attached hydrogen (secondary N) is 1. The molecule has 3 heteroatoms. The molecule has 0 saturated carbocycles. The van der Waals surface area contributed by atoms with E-state index in [-0.39, 0.29) is 17.9 Å². The van der Waals surface area contributed by atoms with Gasteiger partial charge in [0.25, 0.3) is 0 Å². The SMILES string of the molecule is CC[C@@H](NC(=O)[C@@H]1CC=CCC1)c1ccccc1OC. The third-order valence-corrected chi connectivity index (χ3v) is 3.88. The van der Waals surface area contributed by atoms with Crippen molar-refractivity contribution in [1.82, 2.24) is 5.32 Å². The maximum atomic E-state index is 12.4. The third kappa shape index (κ3) is 3.41. The van der Waals surface area contributed by atoms with Crippen LogP contribution in [0.5, 0.6) is 5.75 Å². The van der Waals surface area contributed by atoms with Gasteiger partial charge in [0.15, 0.2) is 0 Å². The first kappa shape index (κ1) is 14.6. The average Bonchev–Trinajstić information content (AvgIpc) is 2.53. The topological polar surface area (TPSA) is 38.3 Å². The maximum Gasteiger partial charge on any atom is 0.223 e. The number of hydrogen-bond donors (Lipinski definition) is 1. The number of methoxy groups -OCH3 is 1. The van der Waals surface area contributed by atoms with E-state index in [4.69, 9.17) is 4.74 Å². The molecule has 2 rings (SSSR count). The van der Waals surface area contributed by atoms with Crippen molar-refractivity contribution in [2.75, 3.05) is 7.11 Å². The molecule has 108 valence electrons. The molecule has 20 heavy (non-hydrogen) atoms. The lowest BCUT2D eigenvalue weighted by Gasteiger charge is -2.24. The van der Waals surface area contributed by atoms with Gasteiger partial charge in [0.05, 0.1) is 13.2 Å². The summed E-state index contributed by atoms with van der Waals surface area (Å²) in [6.07, 6.45) is 7.93. The van der Waals surface area contributed by atoms with Gasteiger partial charge in [0.2, 0.25) is 5.91 Å². The van der Waals surface area contributed by atoms with Crippen LogP contribution >= 0.6 is 0 Å². The van der Waals surface area contributed by atoms with Gasteiger partial charge < -0.3 is 10.1 Å². The summed E-state index contributed by atoms with van der Waals surface area (Å²) >= 11 is 0. The Bertz CT molecular complexity index is 482. The van der Waals surface area contributed by atoms with Crippen molar-refractivity contribution in [3.63, 3.8) is 0 Å². The van der Waals surface area contributed by atoms with Gasteiger partial charge in [-0.1, -0.05) is 37.3 Å². The van der Waals surface area contributed by atoms with Crippen LogP contribution < -0.4 is 10.1 Å². The Morgan fingerprint density at radius 2 is 2.20 bits per heavy atom. The van der Waals surface area contributed by atoms with E-state index in [1.807, 2.05) is 24.3 Å². The van der Waals surface area contributed by atoms with Crippen LogP contribution in [-0.2, 0) is 4.79 Å². The molecule has 1 N–H and O–H groups in total. The molecular weight excluding hydrogens is 250 g/mol. The van der Waals surface area contributed by atoms with Gasteiger partial charge in [-0.3, -0.25) is 4.79 Å². The fourth-order valence-corrected chi connectivity index (χ4v) is 2.68. The Labute approximate surface area is 121 Å². The van der Waals surface area contributed by atoms with E-state index < -0.39 is 0 Å². The molecular formula is C17H23NO2. The number of benzene rings is 1. The molecule has 2 atom stereocenters. The van der Waals surface area contributed by atoms with Crippen molar-refractivity contribution >= 4 is 5.91 Å². The summed E-state index contributed by atoms with van der Waals surface area (Å²) in [5.41, 5.74) is 1.05. The largest absolute Gasteiger partial charge is 0.496 e. The predicted molar refractivity (Wildman–Crippen MR) is 80.6 cm³/mol. The Balaban J connectivity index is 2.08. The Kier molecular flexibility index (Phi) is 5.22. The lowest BCUT2D eigenvalue weighted by molar-refractivity contribution is -0.126. The van der Waals surface area contributed by atoms with Crippen LogP contribution in [0.2, 0.25) is 0 Å². The van der Waals surface area contributed by atoms with Crippen molar-refractivity contribution in [1.29, 1.82) is 0 Å². The number of allylic oxidation sites excluding steroid dienone is 2. The molecule has 0 aromatic heterocycles. The zero-order valence-electron chi connectivity index (χ0n) is 12.3. The number of amides is 1. The van der Waals surface area contributed by atoms with Gasteiger partial charge in [-0.25, -0.2) is 0 Å². The summed E-state index contributed by atoms with van der Waals surface area (Å²) in [6, 6.07) is 7.91. The molecule has 0 unspecified atom stereocenters. The van der Waals surface area contributed by atoms with E-state index in [0.29, 0.717) is 0 Å². The summed E-state index contributed by atoms with van der Waals surface area (Å²) in [5, 5.41) is 3.17. The predicted octanol–water partition coefficient (Wildman–Crippen LogP) is 3.62. The summed E-state index contributed by atoms with van der Waals surface area (Å²) in [5.74, 6) is 1.11. The first-order valence-electron chi connectivity index (χ1n) is 7.34. The fraction of sp³-hybridized carbons (Fsp3) is 0.471. The lowest BCUT2D eigenvalue weighted by atomic mass is 9.92. The third-order valence-electron chi connectivity index (χ3n) is 3.88. The first-order chi connectivity index (χ1) is 9.76. The second kappa shape index (κ2) is 7.13. The van der Waals surface area contributed by atoms with Crippen molar-refractivity contribution in [2.45, 2.75) is 38.6 Å². The summed E-state index contributed by atoms with van der Waals surface area (Å²) < 4.78 is 5.39. The minimum atomic E-state index is 0.0181. The van der Waals surface area contributed by atoms with Crippen LogP contribution in [0.15, 0.2) is 36.4 Å². The minimum absolute atomic E-state index is 0.0181. The fourth-order valence-electron chi connectivity index (χ4n) is 2.68. The highest BCUT2D eigenvalue weighted by atomic mass is 16.5. The smallest absolute Gasteiger partial charge is 0.223 e. The quantitative estimate of drug-likeness (QED) is 0.832. The molecule has 0 fully saturated rings. The highest BCUT2D eigenvalue weighted by Crippen LogP contribution is 2.28. The highest BCUT2D eigenvalue weighted by Gasteiger charge is 2.22. The van der Waals surface area contributed by atoms with Crippen LogP contribution in [0.1, 0.15) is 44.2 Å². The molecule has 0 radical (unpaired) electrons. The number of ether oxygens (including phenoxy) is 1. The average molecular weight is 273 g/mol.